The maximum Gasteiger partial charge on any atom is 0.303 e. The van der Waals surface area contributed by atoms with E-state index in [9.17, 15) is 4.79 Å². The minimum Gasteiger partial charge on any atom is -0.481 e. The lowest BCUT2D eigenvalue weighted by atomic mass is 10.1. The summed E-state index contributed by atoms with van der Waals surface area (Å²) >= 11 is 0. The summed E-state index contributed by atoms with van der Waals surface area (Å²) in [5, 5.41) is 8.51. The maximum atomic E-state index is 10.3. The van der Waals surface area contributed by atoms with Crippen LogP contribution in [0.4, 0.5) is 0 Å². The van der Waals surface area contributed by atoms with Crippen LogP contribution in [0.15, 0.2) is 24.3 Å². The van der Waals surface area contributed by atoms with Crippen LogP contribution in [-0.2, 0) is 4.79 Å². The summed E-state index contributed by atoms with van der Waals surface area (Å²) in [6, 6.07) is 0. The van der Waals surface area contributed by atoms with Gasteiger partial charge in [0.05, 0.1) is 0 Å². The normalized spacial score (nSPS) is 11.7. The van der Waals surface area contributed by atoms with Gasteiger partial charge < -0.3 is 5.11 Å². The SMILES string of the molecule is CC/C=C\CCC/C=C\CCCCCCCCC(=O)O. The summed E-state index contributed by atoms with van der Waals surface area (Å²) in [5.41, 5.74) is 0. The number of rotatable bonds is 14. The molecule has 0 saturated heterocycles. The Morgan fingerprint density at radius 1 is 0.750 bits per heavy atom. The highest BCUT2D eigenvalue weighted by molar-refractivity contribution is 5.66. The second kappa shape index (κ2) is 16.0. The number of hydrogen-bond donors (Lipinski definition) is 1. The van der Waals surface area contributed by atoms with Gasteiger partial charge in [-0.25, -0.2) is 0 Å². The molecule has 20 heavy (non-hydrogen) atoms. The number of aliphatic carboxylic acids is 1. The Balaban J connectivity index is 3.11. The fourth-order valence-corrected chi connectivity index (χ4v) is 2.12. The van der Waals surface area contributed by atoms with E-state index < -0.39 is 5.97 Å². The van der Waals surface area contributed by atoms with Crippen molar-refractivity contribution < 1.29 is 9.90 Å². The number of carboxylic acids is 1. The van der Waals surface area contributed by atoms with Crippen molar-refractivity contribution in [2.45, 2.75) is 84.0 Å². The van der Waals surface area contributed by atoms with Crippen molar-refractivity contribution in [1.82, 2.24) is 0 Å². The lowest BCUT2D eigenvalue weighted by Gasteiger charge is -1.99. The molecule has 0 aliphatic heterocycles. The first-order valence-corrected chi connectivity index (χ1v) is 8.29. The Labute approximate surface area is 125 Å². The zero-order valence-corrected chi connectivity index (χ0v) is 13.2. The molecule has 0 rings (SSSR count). The van der Waals surface area contributed by atoms with Crippen LogP contribution >= 0.6 is 0 Å². The highest BCUT2D eigenvalue weighted by Crippen LogP contribution is 2.09. The van der Waals surface area contributed by atoms with Crippen molar-refractivity contribution in [1.29, 1.82) is 0 Å². The van der Waals surface area contributed by atoms with Gasteiger partial charge >= 0.3 is 5.97 Å². The highest BCUT2D eigenvalue weighted by atomic mass is 16.4. The first kappa shape index (κ1) is 18.9. The summed E-state index contributed by atoms with van der Waals surface area (Å²) in [6.45, 7) is 2.17. The molecule has 0 aromatic carbocycles. The number of hydrogen-bond acceptors (Lipinski definition) is 1. The molecular formula is C18H32O2. The third kappa shape index (κ3) is 16.9. The Bertz CT molecular complexity index is 267. The lowest BCUT2D eigenvalue weighted by molar-refractivity contribution is -0.137. The van der Waals surface area contributed by atoms with Crippen LogP contribution in [0.3, 0.4) is 0 Å². The summed E-state index contributed by atoms with van der Waals surface area (Å²) in [5.74, 6) is -0.666. The number of carbonyl (C=O) groups is 1. The molecule has 1 N–H and O–H groups in total. The summed E-state index contributed by atoms with van der Waals surface area (Å²) in [4.78, 5) is 10.3. The molecule has 0 fully saturated rings. The van der Waals surface area contributed by atoms with Crippen molar-refractivity contribution in [3.8, 4) is 0 Å². The van der Waals surface area contributed by atoms with Gasteiger partial charge in [0, 0.05) is 6.42 Å². The second-order valence-electron chi connectivity index (χ2n) is 5.34. The van der Waals surface area contributed by atoms with Gasteiger partial charge in [0.1, 0.15) is 0 Å². The van der Waals surface area contributed by atoms with Crippen LogP contribution in [0.2, 0.25) is 0 Å². The molecule has 0 aliphatic rings. The highest BCUT2D eigenvalue weighted by Gasteiger charge is 1.96. The molecule has 0 amide bonds. The minimum atomic E-state index is -0.666. The topological polar surface area (TPSA) is 37.3 Å². The number of carboxylic acid groups (broad SMARTS) is 1. The minimum absolute atomic E-state index is 0.330. The standard InChI is InChI=1S/C18H32O2/c1-2-3-4-5-6-7-8-9-10-11-12-13-14-15-16-17-18(19)20/h3-4,8-9H,2,5-7,10-17H2,1H3,(H,19,20)/b4-3-,9-8-. The molecule has 0 saturated carbocycles. The molecule has 0 heterocycles. The number of unbranched alkanes of at least 4 members (excludes halogenated alkanes) is 8. The van der Waals surface area contributed by atoms with E-state index >= 15 is 0 Å². The van der Waals surface area contributed by atoms with E-state index in [1.54, 1.807) is 0 Å². The van der Waals surface area contributed by atoms with E-state index in [-0.39, 0.29) is 0 Å². The van der Waals surface area contributed by atoms with E-state index in [2.05, 4.69) is 31.2 Å². The van der Waals surface area contributed by atoms with E-state index in [4.69, 9.17) is 5.11 Å². The Hall–Kier alpha value is -1.05. The third-order valence-corrected chi connectivity index (χ3v) is 3.32. The van der Waals surface area contributed by atoms with Gasteiger partial charge in [-0.05, 0) is 44.9 Å². The molecule has 0 unspecified atom stereocenters. The van der Waals surface area contributed by atoms with Crippen LogP contribution < -0.4 is 0 Å². The van der Waals surface area contributed by atoms with Gasteiger partial charge in [-0.15, -0.1) is 0 Å². The number of allylic oxidation sites excluding steroid dienone is 4. The van der Waals surface area contributed by atoms with E-state index in [0.717, 1.165) is 19.3 Å². The quantitative estimate of drug-likeness (QED) is 0.318. The Morgan fingerprint density at radius 3 is 1.85 bits per heavy atom. The molecule has 0 aromatic rings. The molecule has 0 bridgehead atoms. The van der Waals surface area contributed by atoms with E-state index in [1.165, 1.54) is 51.4 Å². The second-order valence-corrected chi connectivity index (χ2v) is 5.34. The zero-order chi connectivity index (χ0) is 14.9. The van der Waals surface area contributed by atoms with Crippen molar-refractivity contribution in [3.05, 3.63) is 24.3 Å². The molecular weight excluding hydrogens is 248 g/mol. The van der Waals surface area contributed by atoms with Crippen LogP contribution in [0.1, 0.15) is 84.0 Å². The fourth-order valence-electron chi connectivity index (χ4n) is 2.12. The molecule has 0 spiro atoms. The molecule has 0 atom stereocenters. The molecule has 0 radical (unpaired) electrons. The van der Waals surface area contributed by atoms with Gasteiger partial charge in [-0.1, -0.05) is 56.9 Å². The van der Waals surface area contributed by atoms with Gasteiger partial charge in [-0.3, -0.25) is 4.79 Å². The van der Waals surface area contributed by atoms with Crippen LogP contribution in [0, 0.1) is 0 Å². The molecule has 0 aliphatic carbocycles. The average molecular weight is 280 g/mol. The Kier molecular flexibility index (Phi) is 15.2. The Morgan fingerprint density at radius 2 is 1.25 bits per heavy atom. The van der Waals surface area contributed by atoms with Crippen molar-refractivity contribution >= 4 is 5.97 Å². The van der Waals surface area contributed by atoms with Crippen molar-refractivity contribution in [2.75, 3.05) is 0 Å². The largest absolute Gasteiger partial charge is 0.481 e. The smallest absolute Gasteiger partial charge is 0.303 e. The molecule has 2 nitrogen and oxygen atoms in total. The fraction of sp³-hybridized carbons (Fsp3) is 0.722. The first-order valence-electron chi connectivity index (χ1n) is 8.29. The van der Waals surface area contributed by atoms with Crippen molar-refractivity contribution in [3.63, 3.8) is 0 Å². The van der Waals surface area contributed by atoms with Crippen LogP contribution in [0.25, 0.3) is 0 Å². The van der Waals surface area contributed by atoms with Crippen molar-refractivity contribution in [2.24, 2.45) is 0 Å². The van der Waals surface area contributed by atoms with Gasteiger partial charge in [0.15, 0.2) is 0 Å². The van der Waals surface area contributed by atoms with E-state index in [1.807, 2.05) is 0 Å². The summed E-state index contributed by atoms with van der Waals surface area (Å²) in [7, 11) is 0. The van der Waals surface area contributed by atoms with E-state index in [0.29, 0.717) is 6.42 Å². The monoisotopic (exact) mass is 280 g/mol. The van der Waals surface area contributed by atoms with Crippen LogP contribution in [-0.4, -0.2) is 11.1 Å². The van der Waals surface area contributed by atoms with Gasteiger partial charge in [-0.2, -0.15) is 0 Å². The molecule has 2 heteroatoms. The van der Waals surface area contributed by atoms with Gasteiger partial charge in [0.2, 0.25) is 0 Å². The molecule has 116 valence electrons. The average Bonchev–Trinajstić information content (AvgIpc) is 2.43. The summed E-state index contributed by atoms with van der Waals surface area (Å²) in [6.07, 6.45) is 22.3. The zero-order valence-electron chi connectivity index (χ0n) is 13.2. The first-order chi connectivity index (χ1) is 9.77. The predicted molar refractivity (Wildman–Crippen MR) is 87.0 cm³/mol. The third-order valence-electron chi connectivity index (χ3n) is 3.32. The lowest BCUT2D eigenvalue weighted by Crippen LogP contribution is -1.93. The maximum absolute atomic E-state index is 10.3. The van der Waals surface area contributed by atoms with Gasteiger partial charge in [0.25, 0.3) is 0 Å². The molecule has 0 aromatic heterocycles. The summed E-state index contributed by atoms with van der Waals surface area (Å²) < 4.78 is 0. The predicted octanol–water partition coefficient (Wildman–Crippen LogP) is 5.88. The van der Waals surface area contributed by atoms with Crippen LogP contribution in [0.5, 0.6) is 0 Å².